The van der Waals surface area contributed by atoms with Crippen LogP contribution in [0.2, 0.25) is 0 Å². The molecule has 5 amide bonds. The Morgan fingerprint density at radius 1 is 0.980 bits per heavy atom. The van der Waals surface area contributed by atoms with Crippen LogP contribution in [0.5, 0.6) is 5.75 Å². The van der Waals surface area contributed by atoms with E-state index in [0.717, 1.165) is 37.7 Å². The van der Waals surface area contributed by atoms with E-state index in [1.165, 1.54) is 15.9 Å². The van der Waals surface area contributed by atoms with E-state index in [1.54, 1.807) is 17.0 Å². The number of pyridine rings is 1. The number of unbranched alkanes of at least 4 members (excludes halogenated alkanes) is 1. The number of piperazine rings is 1. The Morgan fingerprint density at radius 3 is 2.41 bits per heavy atom. The second-order valence-electron chi connectivity index (χ2n) is 13.4. The first-order chi connectivity index (χ1) is 24.5. The van der Waals surface area contributed by atoms with Crippen LogP contribution < -0.4 is 15.4 Å². The largest absolute Gasteiger partial charge is 0.483 e. The Morgan fingerprint density at radius 2 is 1.73 bits per heavy atom. The van der Waals surface area contributed by atoms with Crippen molar-refractivity contribution in [3.05, 3.63) is 35.5 Å². The topological polar surface area (TPSA) is 188 Å². The SMILES string of the molecule is CCCCOC(=O)N1CCN(C(=O)C(CCC(=O)O)NC(=O)c2cc(OCC(=O)N3CCCC3C(=O)NC3CCC3)c3ccc(C)cc3n2)CC1. The fraction of sp³-hybridized carbons (Fsp3) is 0.583. The molecule has 2 unspecified atom stereocenters. The van der Waals surface area contributed by atoms with Crippen molar-refractivity contribution in [2.24, 2.45) is 0 Å². The van der Waals surface area contributed by atoms with Gasteiger partial charge < -0.3 is 39.9 Å². The summed E-state index contributed by atoms with van der Waals surface area (Å²) in [5.41, 5.74) is 1.22. The molecule has 2 aromatic rings. The smallest absolute Gasteiger partial charge is 0.409 e. The number of aliphatic carboxylic acids is 1. The first-order valence-electron chi connectivity index (χ1n) is 17.9. The lowest BCUT2D eigenvalue weighted by molar-refractivity contribution is -0.140. The molecule has 3 N–H and O–H groups in total. The Bertz CT molecular complexity index is 1620. The highest BCUT2D eigenvalue weighted by atomic mass is 16.6. The third kappa shape index (κ3) is 9.64. The summed E-state index contributed by atoms with van der Waals surface area (Å²) in [4.78, 5) is 86.4. The number of hydrogen-bond donors (Lipinski definition) is 3. The number of ether oxygens (including phenoxy) is 2. The number of nitrogens with zero attached hydrogens (tertiary/aromatic N) is 4. The minimum Gasteiger partial charge on any atom is -0.483 e. The van der Waals surface area contributed by atoms with Gasteiger partial charge in [0.1, 0.15) is 23.5 Å². The summed E-state index contributed by atoms with van der Waals surface area (Å²) in [7, 11) is 0. The number of amides is 5. The molecule has 3 fully saturated rings. The zero-order valence-electron chi connectivity index (χ0n) is 29.4. The van der Waals surface area contributed by atoms with Crippen LogP contribution in [0.3, 0.4) is 0 Å². The molecule has 2 atom stereocenters. The van der Waals surface area contributed by atoms with Gasteiger partial charge in [0.25, 0.3) is 11.8 Å². The fourth-order valence-corrected chi connectivity index (χ4v) is 6.43. The predicted octanol–water partition coefficient (Wildman–Crippen LogP) is 2.63. The molecule has 5 rings (SSSR count). The van der Waals surface area contributed by atoms with Crippen molar-refractivity contribution in [1.29, 1.82) is 0 Å². The lowest BCUT2D eigenvalue weighted by Gasteiger charge is -2.36. The molecular weight excluding hydrogens is 660 g/mol. The van der Waals surface area contributed by atoms with Gasteiger partial charge >= 0.3 is 12.1 Å². The van der Waals surface area contributed by atoms with Gasteiger partial charge in [-0.25, -0.2) is 9.78 Å². The van der Waals surface area contributed by atoms with E-state index in [2.05, 4.69) is 15.6 Å². The van der Waals surface area contributed by atoms with Crippen LogP contribution in [-0.2, 0) is 23.9 Å². The number of rotatable bonds is 14. The van der Waals surface area contributed by atoms with Crippen LogP contribution in [0.1, 0.15) is 80.8 Å². The number of hydrogen-bond acceptors (Lipinski definition) is 9. The van der Waals surface area contributed by atoms with Crippen molar-refractivity contribution in [3.63, 3.8) is 0 Å². The number of benzene rings is 1. The molecule has 0 spiro atoms. The molecule has 15 heteroatoms. The first kappa shape index (κ1) is 37.3. The summed E-state index contributed by atoms with van der Waals surface area (Å²) in [6, 6.07) is 5.23. The van der Waals surface area contributed by atoms with Crippen LogP contribution in [0.4, 0.5) is 4.79 Å². The van der Waals surface area contributed by atoms with Crippen LogP contribution in [-0.4, -0.2) is 125 Å². The number of carboxylic acids is 1. The fourth-order valence-electron chi connectivity index (χ4n) is 6.43. The van der Waals surface area contributed by atoms with Crippen molar-refractivity contribution in [3.8, 4) is 5.75 Å². The molecule has 1 saturated carbocycles. The summed E-state index contributed by atoms with van der Waals surface area (Å²) >= 11 is 0. The van der Waals surface area contributed by atoms with Gasteiger partial charge in [0.2, 0.25) is 11.8 Å². The van der Waals surface area contributed by atoms with E-state index in [-0.39, 0.29) is 74.9 Å². The maximum absolute atomic E-state index is 13.7. The normalized spacial score (nSPS) is 18.2. The van der Waals surface area contributed by atoms with E-state index in [1.807, 2.05) is 19.9 Å². The second kappa shape index (κ2) is 17.3. The van der Waals surface area contributed by atoms with E-state index >= 15 is 0 Å². The minimum atomic E-state index is -1.17. The highest BCUT2D eigenvalue weighted by molar-refractivity contribution is 5.99. The first-order valence-corrected chi connectivity index (χ1v) is 17.9. The number of carboxylic acid groups (broad SMARTS) is 1. The summed E-state index contributed by atoms with van der Waals surface area (Å²) in [5.74, 6) is -2.58. The van der Waals surface area contributed by atoms with E-state index < -0.39 is 36.0 Å². The number of carbonyl (C=O) groups is 6. The van der Waals surface area contributed by atoms with Crippen LogP contribution in [0.15, 0.2) is 24.3 Å². The number of aromatic nitrogens is 1. The highest BCUT2D eigenvalue weighted by Crippen LogP contribution is 2.28. The third-order valence-electron chi connectivity index (χ3n) is 9.66. The van der Waals surface area contributed by atoms with Crippen molar-refractivity contribution in [2.45, 2.75) is 89.8 Å². The Kier molecular flexibility index (Phi) is 12.7. The van der Waals surface area contributed by atoms with Crippen molar-refractivity contribution in [2.75, 3.05) is 45.9 Å². The summed E-state index contributed by atoms with van der Waals surface area (Å²) in [6.07, 6.45) is 4.94. The van der Waals surface area contributed by atoms with Crippen molar-refractivity contribution >= 4 is 46.6 Å². The van der Waals surface area contributed by atoms with Gasteiger partial charge in [0.15, 0.2) is 6.61 Å². The monoisotopic (exact) mass is 708 g/mol. The van der Waals surface area contributed by atoms with Gasteiger partial charge in [-0.2, -0.15) is 0 Å². The molecule has 0 bridgehead atoms. The van der Waals surface area contributed by atoms with Gasteiger partial charge in [0.05, 0.1) is 12.1 Å². The molecule has 2 aliphatic heterocycles. The molecule has 15 nitrogen and oxygen atoms in total. The molecule has 51 heavy (non-hydrogen) atoms. The third-order valence-corrected chi connectivity index (χ3v) is 9.66. The molecule has 2 saturated heterocycles. The zero-order chi connectivity index (χ0) is 36.5. The van der Waals surface area contributed by atoms with Gasteiger partial charge in [-0.3, -0.25) is 24.0 Å². The second-order valence-corrected chi connectivity index (χ2v) is 13.4. The van der Waals surface area contributed by atoms with E-state index in [4.69, 9.17) is 9.47 Å². The standard InChI is InChI=1S/C36H48N6O9/c1-3-4-19-50-36(49)41-17-15-40(16-18-41)35(48)26(12-13-32(44)45)39-33(46)28-21-30(25-11-10-23(2)20-27(25)38-28)51-22-31(43)42-14-6-9-29(42)34(47)37-24-7-5-8-24/h10-11,20-21,24,26,29H,3-9,12-19,22H2,1-2H3,(H,37,47)(H,39,46)(H,44,45). The average Bonchev–Trinajstić information content (AvgIpc) is 3.60. The average molecular weight is 709 g/mol. The minimum absolute atomic E-state index is 0.0813. The lowest BCUT2D eigenvalue weighted by atomic mass is 9.93. The van der Waals surface area contributed by atoms with Crippen molar-refractivity contribution in [1.82, 2.24) is 30.3 Å². The number of likely N-dealkylation sites (tertiary alicyclic amines) is 1. The predicted molar refractivity (Wildman–Crippen MR) is 185 cm³/mol. The molecule has 276 valence electrons. The van der Waals surface area contributed by atoms with E-state index in [9.17, 15) is 33.9 Å². The molecule has 0 radical (unpaired) electrons. The number of fused-ring (bicyclic) bond motifs is 1. The van der Waals surface area contributed by atoms with Crippen LogP contribution in [0.25, 0.3) is 10.9 Å². The summed E-state index contributed by atoms with van der Waals surface area (Å²) in [6.45, 7) is 5.13. The molecule has 1 aromatic heterocycles. The molecular formula is C36H48N6O9. The van der Waals surface area contributed by atoms with Crippen molar-refractivity contribution < 1.29 is 43.3 Å². The van der Waals surface area contributed by atoms with E-state index in [0.29, 0.717) is 36.9 Å². The Balaban J connectivity index is 1.27. The molecule has 3 aliphatic rings. The van der Waals surface area contributed by atoms with Gasteiger partial charge in [-0.1, -0.05) is 19.4 Å². The number of carbonyl (C=O) groups excluding carboxylic acids is 5. The van der Waals surface area contributed by atoms with Gasteiger partial charge in [-0.05, 0) is 69.6 Å². The lowest BCUT2D eigenvalue weighted by Crippen LogP contribution is -2.56. The van der Waals surface area contributed by atoms with Crippen LogP contribution in [0, 0.1) is 6.92 Å². The van der Waals surface area contributed by atoms with Gasteiger partial charge in [-0.15, -0.1) is 0 Å². The zero-order valence-corrected chi connectivity index (χ0v) is 29.4. The summed E-state index contributed by atoms with van der Waals surface area (Å²) < 4.78 is 11.3. The molecule has 1 aliphatic carbocycles. The quantitative estimate of drug-likeness (QED) is 0.246. The summed E-state index contributed by atoms with van der Waals surface area (Å²) in [5, 5.41) is 15.7. The Labute approximate surface area is 297 Å². The number of aryl methyl sites for hydroxylation is 1. The number of nitrogens with one attached hydrogen (secondary N) is 2. The van der Waals surface area contributed by atoms with Gasteiger partial charge in [0, 0.05) is 56.6 Å². The molecule has 3 heterocycles. The maximum atomic E-state index is 13.7. The maximum Gasteiger partial charge on any atom is 0.409 e. The Hall–Kier alpha value is -4.95. The highest BCUT2D eigenvalue weighted by Gasteiger charge is 2.36. The molecule has 1 aromatic carbocycles. The van der Waals surface area contributed by atoms with Crippen LogP contribution >= 0.6 is 0 Å².